The number of carbonyl (C=O) groups excluding carboxylic acids is 1. The van der Waals surface area contributed by atoms with Gasteiger partial charge in [0.2, 0.25) is 5.91 Å². The van der Waals surface area contributed by atoms with E-state index in [0.717, 1.165) is 24.2 Å². The molecule has 1 amide bonds. The molecule has 1 saturated carbocycles. The highest BCUT2D eigenvalue weighted by Crippen LogP contribution is 2.18. The Labute approximate surface area is 101 Å². The minimum atomic E-state index is 0.0301. The molecule has 0 aliphatic heterocycles. The van der Waals surface area contributed by atoms with Gasteiger partial charge in [-0.05, 0) is 26.7 Å². The summed E-state index contributed by atoms with van der Waals surface area (Å²) < 4.78 is 1.68. The topological polar surface area (TPSA) is 72.9 Å². The maximum atomic E-state index is 11.8. The summed E-state index contributed by atoms with van der Waals surface area (Å²) in [6.07, 6.45) is 4.64. The molecule has 94 valence electrons. The van der Waals surface area contributed by atoms with Crippen molar-refractivity contribution in [2.24, 2.45) is 0 Å². The maximum Gasteiger partial charge on any atom is 0.241 e. The van der Waals surface area contributed by atoms with E-state index in [1.54, 1.807) is 4.68 Å². The molecule has 0 atom stereocenters. The van der Waals surface area contributed by atoms with E-state index in [2.05, 4.69) is 10.4 Å². The van der Waals surface area contributed by atoms with Crippen molar-refractivity contribution in [2.75, 3.05) is 5.73 Å². The number of amides is 1. The van der Waals surface area contributed by atoms with Gasteiger partial charge in [0.05, 0.1) is 17.1 Å². The van der Waals surface area contributed by atoms with Crippen LogP contribution in [0.25, 0.3) is 0 Å². The van der Waals surface area contributed by atoms with Crippen LogP contribution in [-0.2, 0) is 11.3 Å². The van der Waals surface area contributed by atoms with Crippen LogP contribution >= 0.6 is 0 Å². The third-order valence-electron chi connectivity index (χ3n) is 3.45. The number of nitrogens with two attached hydrogens (primary N) is 1. The van der Waals surface area contributed by atoms with Gasteiger partial charge in [0, 0.05) is 6.04 Å². The molecule has 0 radical (unpaired) electrons. The van der Waals surface area contributed by atoms with Gasteiger partial charge in [-0.15, -0.1) is 0 Å². The minimum Gasteiger partial charge on any atom is -0.396 e. The van der Waals surface area contributed by atoms with Gasteiger partial charge in [0.1, 0.15) is 6.54 Å². The first-order valence-electron chi connectivity index (χ1n) is 6.16. The predicted octanol–water partition coefficient (Wildman–Crippen LogP) is 1.14. The Morgan fingerprint density at radius 2 is 2.12 bits per heavy atom. The van der Waals surface area contributed by atoms with E-state index in [9.17, 15) is 4.79 Å². The molecule has 0 spiro atoms. The van der Waals surface area contributed by atoms with Crippen molar-refractivity contribution in [3.8, 4) is 0 Å². The largest absolute Gasteiger partial charge is 0.396 e. The van der Waals surface area contributed by atoms with Crippen LogP contribution in [-0.4, -0.2) is 21.7 Å². The molecule has 5 nitrogen and oxygen atoms in total. The van der Waals surface area contributed by atoms with Gasteiger partial charge in [-0.1, -0.05) is 12.8 Å². The van der Waals surface area contributed by atoms with E-state index in [1.807, 2.05) is 13.8 Å². The maximum absolute atomic E-state index is 11.8. The second-order valence-corrected chi connectivity index (χ2v) is 4.79. The number of hydrogen-bond acceptors (Lipinski definition) is 3. The third-order valence-corrected chi connectivity index (χ3v) is 3.45. The minimum absolute atomic E-state index is 0.0301. The van der Waals surface area contributed by atoms with Crippen molar-refractivity contribution in [1.82, 2.24) is 15.1 Å². The normalized spacial score (nSPS) is 16.4. The number of nitrogens with one attached hydrogen (secondary N) is 1. The molecule has 0 aromatic carbocycles. The van der Waals surface area contributed by atoms with Crippen LogP contribution in [0.15, 0.2) is 0 Å². The summed E-state index contributed by atoms with van der Waals surface area (Å²) in [6.45, 7) is 4.01. The molecule has 5 heteroatoms. The Morgan fingerprint density at radius 3 is 2.65 bits per heavy atom. The standard InChI is InChI=1S/C12H20N4O/c1-8-12(13)9(2)16(15-8)7-11(17)14-10-5-3-4-6-10/h10H,3-7,13H2,1-2H3,(H,14,17). The molecule has 1 aliphatic carbocycles. The molecule has 3 N–H and O–H groups in total. The Hall–Kier alpha value is -1.52. The fourth-order valence-corrected chi connectivity index (χ4v) is 2.34. The fraction of sp³-hybridized carbons (Fsp3) is 0.667. The Morgan fingerprint density at radius 1 is 1.47 bits per heavy atom. The molecular weight excluding hydrogens is 216 g/mol. The first-order valence-corrected chi connectivity index (χ1v) is 6.16. The van der Waals surface area contributed by atoms with E-state index < -0.39 is 0 Å². The van der Waals surface area contributed by atoms with Gasteiger partial charge in [-0.2, -0.15) is 5.10 Å². The number of nitrogen functional groups attached to an aromatic ring is 1. The van der Waals surface area contributed by atoms with Crippen LogP contribution in [0.3, 0.4) is 0 Å². The first kappa shape index (κ1) is 12.0. The summed E-state index contributed by atoms with van der Waals surface area (Å²) in [5.41, 5.74) is 8.16. The molecule has 1 aliphatic rings. The van der Waals surface area contributed by atoms with Crippen LogP contribution in [0, 0.1) is 13.8 Å². The van der Waals surface area contributed by atoms with E-state index >= 15 is 0 Å². The summed E-state index contributed by atoms with van der Waals surface area (Å²) in [7, 11) is 0. The average molecular weight is 236 g/mol. The zero-order valence-corrected chi connectivity index (χ0v) is 10.5. The highest BCUT2D eigenvalue weighted by molar-refractivity contribution is 5.76. The molecule has 0 bridgehead atoms. The zero-order chi connectivity index (χ0) is 12.4. The van der Waals surface area contributed by atoms with Crippen molar-refractivity contribution < 1.29 is 4.79 Å². The zero-order valence-electron chi connectivity index (χ0n) is 10.5. The smallest absolute Gasteiger partial charge is 0.241 e. The van der Waals surface area contributed by atoms with Gasteiger partial charge in [0.15, 0.2) is 0 Å². The van der Waals surface area contributed by atoms with E-state index in [4.69, 9.17) is 5.73 Å². The summed E-state index contributed by atoms with van der Waals surface area (Å²) in [6, 6.07) is 0.358. The summed E-state index contributed by atoms with van der Waals surface area (Å²) in [4.78, 5) is 11.8. The van der Waals surface area contributed by atoms with Gasteiger partial charge < -0.3 is 11.1 Å². The van der Waals surface area contributed by atoms with Crippen molar-refractivity contribution in [1.29, 1.82) is 0 Å². The lowest BCUT2D eigenvalue weighted by Crippen LogP contribution is -2.35. The van der Waals surface area contributed by atoms with Crippen LogP contribution in [0.2, 0.25) is 0 Å². The second kappa shape index (κ2) is 4.77. The molecule has 0 unspecified atom stereocenters. The highest BCUT2D eigenvalue weighted by atomic mass is 16.2. The van der Waals surface area contributed by atoms with Gasteiger partial charge in [-0.25, -0.2) is 0 Å². The van der Waals surface area contributed by atoms with E-state index in [1.165, 1.54) is 12.8 Å². The number of nitrogens with zero attached hydrogens (tertiary/aromatic N) is 2. The fourth-order valence-electron chi connectivity index (χ4n) is 2.34. The lowest BCUT2D eigenvalue weighted by molar-refractivity contribution is -0.122. The SMILES string of the molecule is Cc1nn(CC(=O)NC2CCCC2)c(C)c1N. The van der Waals surface area contributed by atoms with Crippen LogP contribution in [0.4, 0.5) is 5.69 Å². The summed E-state index contributed by atoms with van der Waals surface area (Å²) >= 11 is 0. The Bertz CT molecular complexity index is 418. The third kappa shape index (κ3) is 2.60. The number of rotatable bonds is 3. The van der Waals surface area contributed by atoms with E-state index in [0.29, 0.717) is 11.7 Å². The van der Waals surface area contributed by atoms with Crippen molar-refractivity contribution in [2.45, 2.75) is 52.1 Å². The lowest BCUT2D eigenvalue weighted by Gasteiger charge is -2.12. The van der Waals surface area contributed by atoms with Crippen LogP contribution < -0.4 is 11.1 Å². The van der Waals surface area contributed by atoms with Crippen LogP contribution in [0.5, 0.6) is 0 Å². The molecule has 0 saturated heterocycles. The number of anilines is 1. The number of aromatic nitrogens is 2. The number of hydrogen-bond donors (Lipinski definition) is 2. The van der Waals surface area contributed by atoms with Crippen molar-refractivity contribution in [3.63, 3.8) is 0 Å². The average Bonchev–Trinajstić information content (AvgIpc) is 2.85. The molecule has 1 aromatic rings. The lowest BCUT2D eigenvalue weighted by atomic mass is 10.2. The Kier molecular flexibility index (Phi) is 3.36. The van der Waals surface area contributed by atoms with Crippen LogP contribution in [0.1, 0.15) is 37.1 Å². The molecule has 1 aromatic heterocycles. The molecule has 1 fully saturated rings. The number of carbonyl (C=O) groups is 1. The molecule has 2 rings (SSSR count). The second-order valence-electron chi connectivity index (χ2n) is 4.79. The summed E-state index contributed by atoms with van der Waals surface area (Å²) in [5, 5.41) is 7.30. The van der Waals surface area contributed by atoms with Crippen molar-refractivity contribution >= 4 is 11.6 Å². The Balaban J connectivity index is 1.95. The van der Waals surface area contributed by atoms with E-state index in [-0.39, 0.29) is 12.5 Å². The van der Waals surface area contributed by atoms with Gasteiger partial charge in [-0.3, -0.25) is 9.48 Å². The molecular formula is C12H20N4O. The monoisotopic (exact) mass is 236 g/mol. The number of aryl methyl sites for hydroxylation is 1. The first-order chi connectivity index (χ1) is 8.08. The van der Waals surface area contributed by atoms with Crippen molar-refractivity contribution in [3.05, 3.63) is 11.4 Å². The van der Waals surface area contributed by atoms with Gasteiger partial charge >= 0.3 is 0 Å². The molecule has 1 heterocycles. The molecule has 17 heavy (non-hydrogen) atoms. The summed E-state index contributed by atoms with van der Waals surface area (Å²) in [5.74, 6) is 0.0301. The predicted molar refractivity (Wildman–Crippen MR) is 66.5 cm³/mol. The highest BCUT2D eigenvalue weighted by Gasteiger charge is 2.18. The quantitative estimate of drug-likeness (QED) is 0.826. The van der Waals surface area contributed by atoms with Gasteiger partial charge in [0.25, 0.3) is 0 Å².